The molecule has 7 nitrogen and oxygen atoms in total. The first kappa shape index (κ1) is 20.2. The number of sulfonamides is 1. The number of nitrogens with zero attached hydrogens (tertiary/aromatic N) is 2. The average molecular weight is 400 g/mol. The number of imidazole rings is 1. The molecule has 1 aromatic carbocycles. The second-order valence-electron chi connectivity index (χ2n) is 6.27. The second-order valence-corrected chi connectivity index (χ2v) is 7.95. The summed E-state index contributed by atoms with van der Waals surface area (Å²) in [7, 11) is -3.88. The number of aromatic amines is 1. The zero-order chi connectivity index (χ0) is 18.1. The van der Waals surface area contributed by atoms with E-state index in [4.69, 9.17) is 4.74 Å². The van der Waals surface area contributed by atoms with Crippen LogP contribution < -0.4 is 39.0 Å². The monoisotopic (exact) mass is 400 g/mol. The topological polar surface area (TPSA) is 97.0 Å². The fourth-order valence-electron chi connectivity index (χ4n) is 2.46. The van der Waals surface area contributed by atoms with Gasteiger partial charge in [-0.15, -0.1) is 0 Å². The van der Waals surface area contributed by atoms with Crippen molar-refractivity contribution < 1.29 is 48.5 Å². The summed E-state index contributed by atoms with van der Waals surface area (Å²) >= 11 is 0. The van der Waals surface area contributed by atoms with Crippen LogP contribution in [0.1, 0.15) is 20.0 Å². The van der Waals surface area contributed by atoms with E-state index in [0.29, 0.717) is 35.0 Å². The third-order valence-electron chi connectivity index (χ3n) is 4.09. The molecule has 0 unspecified atom stereocenters. The SMILES string of the molecule is O=S(=O)(NCc1cc(OCC2CC2)ccn1)c1nc2ccc(F)cc2[nH]1.[H-].[Na+]. The van der Waals surface area contributed by atoms with Gasteiger partial charge in [0.2, 0.25) is 5.16 Å². The maximum atomic E-state index is 13.2. The van der Waals surface area contributed by atoms with Crippen LogP contribution in [0, 0.1) is 11.7 Å². The first-order valence-electron chi connectivity index (χ1n) is 8.22. The summed E-state index contributed by atoms with van der Waals surface area (Å²) in [6, 6.07) is 7.29. The van der Waals surface area contributed by atoms with Crippen molar-refractivity contribution in [2.75, 3.05) is 6.61 Å². The number of rotatable bonds is 7. The zero-order valence-corrected chi connectivity index (χ0v) is 17.6. The molecular weight excluding hydrogens is 382 g/mol. The van der Waals surface area contributed by atoms with Crippen molar-refractivity contribution in [3.63, 3.8) is 0 Å². The van der Waals surface area contributed by atoms with Crippen LogP contribution in [0.15, 0.2) is 41.7 Å². The van der Waals surface area contributed by atoms with Crippen LogP contribution in [0.5, 0.6) is 5.75 Å². The number of fused-ring (bicyclic) bond motifs is 1. The van der Waals surface area contributed by atoms with Crippen molar-refractivity contribution in [2.45, 2.75) is 24.5 Å². The summed E-state index contributed by atoms with van der Waals surface area (Å²) in [4.78, 5) is 10.8. The molecule has 1 saturated carbocycles. The first-order valence-corrected chi connectivity index (χ1v) is 9.70. The number of H-pyrrole nitrogens is 1. The van der Waals surface area contributed by atoms with Gasteiger partial charge in [0.15, 0.2) is 0 Å². The Kier molecular flexibility index (Phi) is 6.17. The first-order chi connectivity index (χ1) is 12.5. The van der Waals surface area contributed by atoms with Crippen molar-refractivity contribution in [1.82, 2.24) is 19.7 Å². The summed E-state index contributed by atoms with van der Waals surface area (Å²) in [5.74, 6) is 0.827. The number of aromatic nitrogens is 3. The molecule has 1 fully saturated rings. The minimum absolute atomic E-state index is 0. The molecule has 4 rings (SSSR count). The molecule has 1 aliphatic rings. The Morgan fingerprint density at radius 1 is 1.30 bits per heavy atom. The minimum atomic E-state index is -3.88. The van der Waals surface area contributed by atoms with E-state index in [-0.39, 0.29) is 42.7 Å². The van der Waals surface area contributed by atoms with Crippen molar-refractivity contribution in [3.8, 4) is 5.75 Å². The molecule has 1 aliphatic carbocycles. The van der Waals surface area contributed by atoms with E-state index < -0.39 is 15.8 Å². The summed E-state index contributed by atoms with van der Waals surface area (Å²) in [6.07, 6.45) is 3.97. The van der Waals surface area contributed by atoms with Crippen molar-refractivity contribution in [2.24, 2.45) is 5.92 Å². The van der Waals surface area contributed by atoms with Gasteiger partial charge in [-0.25, -0.2) is 22.5 Å². The number of nitrogens with one attached hydrogen (secondary N) is 2. The van der Waals surface area contributed by atoms with E-state index in [9.17, 15) is 12.8 Å². The van der Waals surface area contributed by atoms with Crippen molar-refractivity contribution in [1.29, 1.82) is 0 Å². The Morgan fingerprint density at radius 3 is 2.89 bits per heavy atom. The van der Waals surface area contributed by atoms with Crippen molar-refractivity contribution in [3.05, 3.63) is 48.0 Å². The number of halogens is 1. The van der Waals surface area contributed by atoms with E-state index in [1.54, 1.807) is 18.3 Å². The number of ether oxygens (including phenoxy) is 1. The fourth-order valence-corrected chi connectivity index (χ4v) is 3.40. The molecule has 0 bridgehead atoms. The molecule has 2 aromatic heterocycles. The molecule has 0 amide bonds. The molecule has 0 aliphatic heterocycles. The van der Waals surface area contributed by atoms with E-state index in [1.165, 1.54) is 31.0 Å². The normalized spacial score (nSPS) is 14.1. The summed E-state index contributed by atoms with van der Waals surface area (Å²) < 4.78 is 46.2. The Morgan fingerprint density at radius 2 is 2.11 bits per heavy atom. The molecular formula is C17H18FN4NaO3S. The molecule has 27 heavy (non-hydrogen) atoms. The van der Waals surface area contributed by atoms with E-state index in [0.717, 1.165) is 0 Å². The Bertz CT molecular complexity index is 1060. The molecule has 138 valence electrons. The fraction of sp³-hybridized carbons (Fsp3) is 0.294. The van der Waals surface area contributed by atoms with Gasteiger partial charge in [-0.05, 0) is 43.0 Å². The van der Waals surface area contributed by atoms with Gasteiger partial charge in [0.1, 0.15) is 11.6 Å². The van der Waals surface area contributed by atoms with Crippen LogP contribution in [0.3, 0.4) is 0 Å². The summed E-state index contributed by atoms with van der Waals surface area (Å²) in [6.45, 7) is 0.666. The summed E-state index contributed by atoms with van der Waals surface area (Å²) in [5.41, 5.74) is 1.23. The van der Waals surface area contributed by atoms with Gasteiger partial charge in [-0.2, -0.15) is 0 Å². The average Bonchev–Trinajstić information content (AvgIpc) is 3.36. The molecule has 3 aromatic rings. The minimum Gasteiger partial charge on any atom is -1.00 e. The number of pyridine rings is 1. The summed E-state index contributed by atoms with van der Waals surface area (Å²) in [5, 5.41) is -0.265. The van der Waals surface area contributed by atoms with Crippen LogP contribution in [-0.2, 0) is 16.6 Å². The molecule has 10 heteroatoms. The van der Waals surface area contributed by atoms with Crippen LogP contribution >= 0.6 is 0 Å². The quantitative estimate of drug-likeness (QED) is 0.521. The Hall–Kier alpha value is -1.52. The van der Waals surface area contributed by atoms with Crippen molar-refractivity contribution >= 4 is 21.1 Å². The predicted octanol–water partition coefficient (Wildman–Crippen LogP) is -0.519. The van der Waals surface area contributed by atoms with Crippen LogP contribution in [0.25, 0.3) is 11.0 Å². The van der Waals surface area contributed by atoms with Gasteiger partial charge in [0.05, 0.1) is 29.9 Å². The van der Waals surface area contributed by atoms with Gasteiger partial charge < -0.3 is 11.1 Å². The van der Waals surface area contributed by atoms with Gasteiger partial charge in [0, 0.05) is 12.3 Å². The largest absolute Gasteiger partial charge is 1.00 e. The standard InChI is InChI=1S/C17H17FN4O3S.Na.H/c18-12-3-4-15-16(7-12)22-17(21-15)26(23,24)20-9-13-8-14(5-6-19-13)25-10-11-1-2-11;;/h3-8,11,20H,1-2,9-10H2,(H,21,22);;/q;+1;-1. The molecule has 0 spiro atoms. The van der Waals surface area contributed by atoms with Crippen LogP contribution in [0.2, 0.25) is 0 Å². The molecule has 2 heterocycles. The van der Waals surface area contributed by atoms with Gasteiger partial charge in [-0.1, -0.05) is 0 Å². The van der Waals surface area contributed by atoms with E-state index >= 15 is 0 Å². The zero-order valence-electron chi connectivity index (χ0n) is 15.8. The molecule has 0 atom stereocenters. The van der Waals surface area contributed by atoms with E-state index in [1.807, 2.05) is 0 Å². The molecule has 0 radical (unpaired) electrons. The third-order valence-corrected chi connectivity index (χ3v) is 5.32. The number of hydrogen-bond acceptors (Lipinski definition) is 5. The van der Waals surface area contributed by atoms with Crippen LogP contribution in [-0.4, -0.2) is 30.0 Å². The van der Waals surface area contributed by atoms with E-state index in [2.05, 4.69) is 19.7 Å². The van der Waals surface area contributed by atoms with Gasteiger partial charge >= 0.3 is 29.6 Å². The molecule has 0 saturated heterocycles. The maximum absolute atomic E-state index is 13.2. The number of hydrogen-bond donors (Lipinski definition) is 2. The Balaban J connectivity index is 0.00000140. The van der Waals surface area contributed by atoms with Gasteiger partial charge in [0.25, 0.3) is 10.0 Å². The predicted molar refractivity (Wildman–Crippen MR) is 93.6 cm³/mol. The number of benzene rings is 1. The second kappa shape index (κ2) is 8.24. The van der Waals surface area contributed by atoms with Crippen LogP contribution in [0.4, 0.5) is 4.39 Å². The molecule has 2 N–H and O–H groups in total. The third kappa shape index (κ3) is 5.05. The smallest absolute Gasteiger partial charge is 1.00 e. The maximum Gasteiger partial charge on any atom is 1.00 e. The Labute approximate surface area is 179 Å². The van der Waals surface area contributed by atoms with Gasteiger partial charge in [-0.3, -0.25) is 4.98 Å².